The summed E-state index contributed by atoms with van der Waals surface area (Å²) < 4.78 is 0. The predicted molar refractivity (Wildman–Crippen MR) is 31.2 cm³/mol. The Balaban J connectivity index is 2.35. The van der Waals surface area contributed by atoms with Crippen molar-refractivity contribution in [3.05, 3.63) is 0 Å². The Labute approximate surface area is 54.4 Å². The Hall–Kier alpha value is -0.0105. The van der Waals surface area contributed by atoms with E-state index in [9.17, 15) is 4.79 Å². The Morgan fingerprint density at radius 3 is 2.75 bits per heavy atom. The zero-order chi connectivity index (χ0) is 5.98. The van der Waals surface area contributed by atoms with Crippen LogP contribution in [0.3, 0.4) is 0 Å². The van der Waals surface area contributed by atoms with Gasteiger partial charge in [-0.2, -0.15) is 0 Å². The number of aliphatic carboxylic acids is 1. The van der Waals surface area contributed by atoms with Gasteiger partial charge in [-0.15, -0.1) is 0 Å². The van der Waals surface area contributed by atoms with Crippen LogP contribution in [0.4, 0.5) is 0 Å². The van der Waals surface area contributed by atoms with Crippen LogP contribution in [0.25, 0.3) is 0 Å². The van der Waals surface area contributed by atoms with E-state index in [2.05, 4.69) is 0 Å². The van der Waals surface area contributed by atoms with Crippen LogP contribution in [0.15, 0.2) is 0 Å². The molecule has 1 N–H and O–H groups in total. The van der Waals surface area contributed by atoms with Crippen molar-refractivity contribution in [2.75, 3.05) is 0 Å². The Kier molecular flexibility index (Phi) is 1.92. The molecule has 1 heterocycles. The molecule has 0 saturated carbocycles. The van der Waals surface area contributed by atoms with Gasteiger partial charge < -0.3 is 0 Å². The topological polar surface area (TPSA) is 37.3 Å². The van der Waals surface area contributed by atoms with Crippen LogP contribution in [0.5, 0.6) is 0 Å². The number of carbonyl (C=O) groups is 1. The first-order chi connectivity index (χ1) is 3.80. The molecule has 1 aliphatic heterocycles. The standard InChI is InChI=1S/C5H8O2Se/c6-5(7)4-2-1-3-8-4/h4H,1-3H2,(H,6,7). The van der Waals surface area contributed by atoms with Crippen molar-refractivity contribution in [1.82, 2.24) is 0 Å². The molecule has 46 valence electrons. The Morgan fingerprint density at radius 2 is 2.50 bits per heavy atom. The molecule has 1 unspecified atom stereocenters. The zero-order valence-corrected chi connectivity index (χ0v) is 6.18. The minimum absolute atomic E-state index is 0.0440. The van der Waals surface area contributed by atoms with E-state index in [-0.39, 0.29) is 4.82 Å². The van der Waals surface area contributed by atoms with Gasteiger partial charge in [-0.3, -0.25) is 0 Å². The van der Waals surface area contributed by atoms with Crippen molar-refractivity contribution >= 4 is 20.9 Å². The molecule has 1 saturated heterocycles. The second-order valence-electron chi connectivity index (χ2n) is 1.84. The third-order valence-corrected chi connectivity index (χ3v) is 4.07. The molecule has 8 heavy (non-hydrogen) atoms. The molecule has 0 spiro atoms. The zero-order valence-electron chi connectivity index (χ0n) is 4.46. The van der Waals surface area contributed by atoms with E-state index in [4.69, 9.17) is 5.11 Å². The molecule has 1 atom stereocenters. The van der Waals surface area contributed by atoms with Crippen LogP contribution >= 0.6 is 0 Å². The van der Waals surface area contributed by atoms with Crippen molar-refractivity contribution in [3.63, 3.8) is 0 Å². The molecule has 0 aromatic carbocycles. The maximum atomic E-state index is 10.2. The molecular weight excluding hydrogens is 171 g/mol. The summed E-state index contributed by atoms with van der Waals surface area (Å²) in [5.41, 5.74) is 0. The van der Waals surface area contributed by atoms with Gasteiger partial charge in [-0.05, 0) is 0 Å². The molecule has 1 rings (SSSR count). The van der Waals surface area contributed by atoms with Crippen LogP contribution in [0.2, 0.25) is 10.1 Å². The first-order valence-electron chi connectivity index (χ1n) is 2.65. The molecular formula is C5H8O2Se. The van der Waals surface area contributed by atoms with E-state index in [0.717, 1.165) is 12.8 Å². The fraction of sp³-hybridized carbons (Fsp3) is 0.800. The van der Waals surface area contributed by atoms with Gasteiger partial charge in [0, 0.05) is 0 Å². The fourth-order valence-electron chi connectivity index (χ4n) is 0.772. The maximum absolute atomic E-state index is 10.2. The molecule has 0 aromatic heterocycles. The van der Waals surface area contributed by atoms with E-state index in [0.29, 0.717) is 15.0 Å². The van der Waals surface area contributed by atoms with Crippen molar-refractivity contribution < 1.29 is 9.90 Å². The van der Waals surface area contributed by atoms with Crippen LogP contribution < -0.4 is 0 Å². The summed E-state index contributed by atoms with van der Waals surface area (Å²) in [5.74, 6) is -0.581. The fourth-order valence-corrected chi connectivity index (χ4v) is 3.07. The molecule has 0 aliphatic carbocycles. The molecule has 3 heteroatoms. The molecule has 1 fully saturated rings. The molecule has 0 aromatic rings. The van der Waals surface area contributed by atoms with Gasteiger partial charge in [0.15, 0.2) is 0 Å². The average molecular weight is 179 g/mol. The second-order valence-corrected chi connectivity index (χ2v) is 4.59. The minimum atomic E-state index is -0.581. The summed E-state index contributed by atoms with van der Waals surface area (Å²) in [5, 5.41) is 9.60. The summed E-state index contributed by atoms with van der Waals surface area (Å²) in [6, 6.07) is 0. The number of carboxylic acid groups (broad SMARTS) is 1. The number of rotatable bonds is 1. The van der Waals surface area contributed by atoms with E-state index in [1.165, 1.54) is 5.32 Å². The molecule has 0 bridgehead atoms. The van der Waals surface area contributed by atoms with Gasteiger partial charge in [-0.25, -0.2) is 0 Å². The molecule has 0 amide bonds. The van der Waals surface area contributed by atoms with E-state index in [1.54, 1.807) is 0 Å². The Bertz CT molecular complexity index is 96.6. The van der Waals surface area contributed by atoms with Gasteiger partial charge in [0.05, 0.1) is 0 Å². The Morgan fingerprint density at radius 1 is 1.75 bits per heavy atom. The van der Waals surface area contributed by atoms with E-state index < -0.39 is 5.97 Å². The van der Waals surface area contributed by atoms with Gasteiger partial charge in [-0.1, -0.05) is 0 Å². The van der Waals surface area contributed by atoms with Crippen LogP contribution in [0.1, 0.15) is 12.8 Å². The quantitative estimate of drug-likeness (QED) is 0.604. The average Bonchev–Trinajstić information content (AvgIpc) is 2.12. The van der Waals surface area contributed by atoms with Gasteiger partial charge in [0.1, 0.15) is 0 Å². The number of hydrogen-bond acceptors (Lipinski definition) is 1. The van der Waals surface area contributed by atoms with Crippen LogP contribution in [0, 0.1) is 0 Å². The normalized spacial score (nSPS) is 28.2. The van der Waals surface area contributed by atoms with Crippen molar-refractivity contribution in [2.45, 2.75) is 23.0 Å². The second kappa shape index (κ2) is 2.51. The number of hydrogen-bond donors (Lipinski definition) is 1. The van der Waals surface area contributed by atoms with Gasteiger partial charge >= 0.3 is 53.8 Å². The monoisotopic (exact) mass is 180 g/mol. The summed E-state index contributed by atoms with van der Waals surface area (Å²) >= 11 is 0.409. The van der Waals surface area contributed by atoms with Crippen LogP contribution in [-0.2, 0) is 4.79 Å². The van der Waals surface area contributed by atoms with Crippen molar-refractivity contribution in [1.29, 1.82) is 0 Å². The first-order valence-corrected chi connectivity index (χ1v) is 4.85. The molecule has 1 aliphatic rings. The molecule has 2 nitrogen and oxygen atoms in total. The predicted octanol–water partition coefficient (Wildman–Crippen LogP) is 0.776. The van der Waals surface area contributed by atoms with Crippen molar-refractivity contribution in [2.24, 2.45) is 0 Å². The third kappa shape index (κ3) is 1.23. The first kappa shape index (κ1) is 6.11. The van der Waals surface area contributed by atoms with Gasteiger partial charge in [0.2, 0.25) is 0 Å². The summed E-state index contributed by atoms with van der Waals surface area (Å²) in [6.07, 6.45) is 2.06. The number of carboxylic acids is 1. The summed E-state index contributed by atoms with van der Waals surface area (Å²) in [6.45, 7) is 0. The van der Waals surface area contributed by atoms with E-state index in [1.807, 2.05) is 0 Å². The third-order valence-electron chi connectivity index (χ3n) is 1.21. The summed E-state index contributed by atoms with van der Waals surface area (Å²) in [4.78, 5) is 10.3. The van der Waals surface area contributed by atoms with Crippen LogP contribution in [-0.4, -0.2) is 26.0 Å². The molecule has 0 radical (unpaired) electrons. The SMILES string of the molecule is O=C(O)C1CCC[Se]1. The van der Waals surface area contributed by atoms with Crippen molar-refractivity contribution in [3.8, 4) is 0 Å². The van der Waals surface area contributed by atoms with E-state index >= 15 is 0 Å². The summed E-state index contributed by atoms with van der Waals surface area (Å²) in [7, 11) is 0. The van der Waals surface area contributed by atoms with Gasteiger partial charge in [0.25, 0.3) is 0 Å².